The van der Waals surface area contributed by atoms with Crippen LogP contribution in [0.3, 0.4) is 0 Å². The van der Waals surface area contributed by atoms with Gasteiger partial charge in [0, 0.05) is 31.9 Å². The van der Waals surface area contributed by atoms with E-state index < -0.39 is 0 Å². The van der Waals surface area contributed by atoms with Gasteiger partial charge in [-0.2, -0.15) is 0 Å². The molecular weight excluding hydrogens is 360 g/mol. The average Bonchev–Trinajstić information content (AvgIpc) is 3.22. The molecule has 2 N–H and O–H groups in total. The minimum atomic E-state index is -0.301. The number of benzene rings is 1. The second-order valence-electron chi connectivity index (χ2n) is 6.14. The number of nitrogens with one attached hydrogen (secondary N) is 2. The molecule has 2 amide bonds. The summed E-state index contributed by atoms with van der Waals surface area (Å²) in [5, 5.41) is 8.21. The molecule has 0 aliphatic carbocycles. The van der Waals surface area contributed by atoms with Gasteiger partial charge < -0.3 is 15.1 Å². The van der Waals surface area contributed by atoms with E-state index in [1.54, 1.807) is 12.4 Å². The molecular formula is C19H20N6OS. The Kier molecular flexibility index (Phi) is 5.15. The number of hydrogen-bond acceptors (Lipinski definition) is 6. The summed E-state index contributed by atoms with van der Waals surface area (Å²) in [6, 6.07) is 13.8. The maximum absolute atomic E-state index is 12.0. The predicted octanol–water partition coefficient (Wildman–Crippen LogP) is 3.51. The smallest absolute Gasteiger partial charge is 0.324 e. The molecule has 4 rings (SSSR count). The number of anilines is 4. The number of carbonyl (C=O) groups is 1. The van der Waals surface area contributed by atoms with Crippen LogP contribution in [-0.2, 0) is 0 Å². The lowest BCUT2D eigenvalue weighted by Gasteiger charge is -2.36. The van der Waals surface area contributed by atoms with Gasteiger partial charge >= 0.3 is 6.03 Å². The van der Waals surface area contributed by atoms with E-state index in [0.717, 1.165) is 31.2 Å². The number of aromatic nitrogens is 2. The molecule has 7 nitrogen and oxygen atoms in total. The van der Waals surface area contributed by atoms with Crippen molar-refractivity contribution in [3.05, 3.63) is 60.2 Å². The molecule has 0 atom stereocenters. The number of carbonyl (C=O) groups excluding carboxylic acids is 1. The molecule has 0 unspecified atom stereocenters. The van der Waals surface area contributed by atoms with Gasteiger partial charge in [-0.1, -0.05) is 18.2 Å². The number of amides is 2. The number of thiophene rings is 1. The van der Waals surface area contributed by atoms with Gasteiger partial charge in [0.05, 0.1) is 23.1 Å². The summed E-state index contributed by atoms with van der Waals surface area (Å²) in [7, 11) is 0. The fraction of sp³-hybridized carbons (Fsp3) is 0.211. The van der Waals surface area contributed by atoms with Crippen molar-refractivity contribution in [3.63, 3.8) is 0 Å². The van der Waals surface area contributed by atoms with E-state index in [1.807, 2.05) is 23.6 Å². The number of rotatable bonds is 4. The third kappa shape index (κ3) is 4.35. The quantitative estimate of drug-likeness (QED) is 0.725. The lowest BCUT2D eigenvalue weighted by Crippen LogP contribution is -2.47. The predicted molar refractivity (Wildman–Crippen MR) is 110 cm³/mol. The number of nitrogens with zero attached hydrogens (tertiary/aromatic N) is 4. The van der Waals surface area contributed by atoms with Crippen LogP contribution in [0.25, 0.3) is 0 Å². The second-order valence-corrected chi connectivity index (χ2v) is 7.09. The Bertz CT molecular complexity index is 861. The summed E-state index contributed by atoms with van der Waals surface area (Å²) in [4.78, 5) is 25.3. The van der Waals surface area contributed by atoms with Crippen molar-refractivity contribution in [2.24, 2.45) is 0 Å². The summed E-state index contributed by atoms with van der Waals surface area (Å²) in [6.07, 6.45) is 3.28. The van der Waals surface area contributed by atoms with Crippen molar-refractivity contribution in [2.75, 3.05) is 46.6 Å². The molecule has 8 heteroatoms. The van der Waals surface area contributed by atoms with Gasteiger partial charge in [-0.3, -0.25) is 5.32 Å². The molecule has 1 saturated heterocycles. The van der Waals surface area contributed by atoms with Crippen LogP contribution in [0.2, 0.25) is 0 Å². The summed E-state index contributed by atoms with van der Waals surface area (Å²) in [5.41, 5.74) is 1.81. The molecule has 1 aromatic carbocycles. The van der Waals surface area contributed by atoms with Gasteiger partial charge in [0.15, 0.2) is 0 Å². The first kappa shape index (κ1) is 17.3. The monoisotopic (exact) mass is 380 g/mol. The van der Waals surface area contributed by atoms with Crippen LogP contribution in [0.5, 0.6) is 0 Å². The van der Waals surface area contributed by atoms with Crippen LogP contribution in [0.1, 0.15) is 0 Å². The molecule has 0 bridgehead atoms. The molecule has 3 heterocycles. The van der Waals surface area contributed by atoms with Gasteiger partial charge in [0.25, 0.3) is 0 Å². The van der Waals surface area contributed by atoms with E-state index in [4.69, 9.17) is 0 Å². The van der Waals surface area contributed by atoms with E-state index in [1.165, 1.54) is 17.0 Å². The highest BCUT2D eigenvalue weighted by atomic mass is 32.1. The van der Waals surface area contributed by atoms with Crippen LogP contribution >= 0.6 is 11.3 Å². The van der Waals surface area contributed by atoms with Crippen molar-refractivity contribution in [3.8, 4) is 0 Å². The van der Waals surface area contributed by atoms with E-state index in [0.29, 0.717) is 11.6 Å². The van der Waals surface area contributed by atoms with Crippen LogP contribution < -0.4 is 20.4 Å². The molecule has 1 aliphatic heterocycles. The second kappa shape index (κ2) is 8.05. The minimum absolute atomic E-state index is 0.301. The number of hydrogen-bond donors (Lipinski definition) is 2. The zero-order valence-electron chi connectivity index (χ0n) is 14.7. The Morgan fingerprint density at radius 2 is 1.59 bits per heavy atom. The third-order valence-electron chi connectivity index (χ3n) is 4.34. The number of piperazine rings is 1. The van der Waals surface area contributed by atoms with E-state index >= 15 is 0 Å². The van der Waals surface area contributed by atoms with Gasteiger partial charge in [0.2, 0.25) is 5.95 Å². The van der Waals surface area contributed by atoms with Crippen molar-refractivity contribution in [1.82, 2.24) is 9.97 Å². The Balaban J connectivity index is 1.31. The molecule has 0 saturated carbocycles. The van der Waals surface area contributed by atoms with Crippen molar-refractivity contribution in [1.29, 1.82) is 0 Å². The highest BCUT2D eigenvalue weighted by molar-refractivity contribution is 7.14. The van der Waals surface area contributed by atoms with E-state index in [2.05, 4.69) is 54.7 Å². The van der Waals surface area contributed by atoms with Crippen molar-refractivity contribution in [2.45, 2.75) is 0 Å². The van der Waals surface area contributed by atoms with Crippen LogP contribution in [0, 0.1) is 0 Å². The Morgan fingerprint density at radius 3 is 2.26 bits per heavy atom. The molecule has 0 spiro atoms. The Morgan fingerprint density at radius 1 is 0.889 bits per heavy atom. The first-order valence-corrected chi connectivity index (χ1v) is 9.64. The maximum Gasteiger partial charge on any atom is 0.324 e. The van der Waals surface area contributed by atoms with Crippen molar-refractivity contribution >= 4 is 39.7 Å². The maximum atomic E-state index is 12.0. The standard InChI is InChI=1S/C19H20N6OS/c26-19(23-17-7-4-12-27-17)22-15-13-20-18(21-14-15)25-10-8-24(9-11-25)16-5-2-1-3-6-16/h1-7,12-14H,8-11H2,(H2,22,23,26). The molecule has 1 fully saturated rings. The molecule has 2 aromatic heterocycles. The van der Waals surface area contributed by atoms with Gasteiger partial charge in [-0.15, -0.1) is 11.3 Å². The summed E-state index contributed by atoms with van der Waals surface area (Å²) in [6.45, 7) is 3.58. The molecule has 3 aromatic rings. The largest absolute Gasteiger partial charge is 0.368 e. The highest BCUT2D eigenvalue weighted by Crippen LogP contribution is 2.19. The first-order chi connectivity index (χ1) is 13.3. The molecule has 27 heavy (non-hydrogen) atoms. The lowest BCUT2D eigenvalue weighted by atomic mass is 10.2. The van der Waals surface area contributed by atoms with Gasteiger partial charge in [-0.05, 0) is 29.6 Å². The zero-order chi connectivity index (χ0) is 18.5. The number of para-hydroxylation sites is 1. The van der Waals surface area contributed by atoms with Gasteiger partial charge in [-0.25, -0.2) is 14.8 Å². The van der Waals surface area contributed by atoms with Crippen LogP contribution in [0.4, 0.5) is 27.1 Å². The summed E-state index contributed by atoms with van der Waals surface area (Å²) < 4.78 is 0. The normalized spacial score (nSPS) is 14.1. The zero-order valence-corrected chi connectivity index (χ0v) is 15.5. The van der Waals surface area contributed by atoms with E-state index in [9.17, 15) is 4.79 Å². The fourth-order valence-electron chi connectivity index (χ4n) is 2.98. The van der Waals surface area contributed by atoms with Crippen LogP contribution in [-0.4, -0.2) is 42.2 Å². The fourth-order valence-corrected chi connectivity index (χ4v) is 3.59. The average molecular weight is 380 g/mol. The van der Waals surface area contributed by atoms with E-state index in [-0.39, 0.29) is 6.03 Å². The minimum Gasteiger partial charge on any atom is -0.368 e. The van der Waals surface area contributed by atoms with Gasteiger partial charge in [0.1, 0.15) is 0 Å². The lowest BCUT2D eigenvalue weighted by molar-refractivity contribution is 0.262. The number of urea groups is 1. The third-order valence-corrected chi connectivity index (χ3v) is 5.12. The molecule has 138 valence electrons. The Labute approximate surface area is 161 Å². The molecule has 1 aliphatic rings. The molecule has 0 radical (unpaired) electrons. The topological polar surface area (TPSA) is 73.4 Å². The van der Waals surface area contributed by atoms with Crippen molar-refractivity contribution < 1.29 is 4.79 Å². The van der Waals surface area contributed by atoms with Crippen LogP contribution in [0.15, 0.2) is 60.2 Å². The highest BCUT2D eigenvalue weighted by Gasteiger charge is 2.19. The first-order valence-electron chi connectivity index (χ1n) is 8.76. The Hall–Kier alpha value is -3.13. The summed E-state index contributed by atoms with van der Waals surface area (Å²) in [5.74, 6) is 0.687. The summed E-state index contributed by atoms with van der Waals surface area (Å²) >= 11 is 1.47. The SMILES string of the molecule is O=C(Nc1cnc(N2CCN(c3ccccc3)CC2)nc1)Nc1cccs1.